The Morgan fingerprint density at radius 3 is 2.20 bits per heavy atom. The molecule has 2 aromatic carbocycles. The van der Waals surface area contributed by atoms with E-state index in [4.69, 9.17) is 16.3 Å². The molecule has 2 amide bonds. The van der Waals surface area contributed by atoms with Crippen LogP contribution in [0.2, 0.25) is 5.02 Å². The summed E-state index contributed by atoms with van der Waals surface area (Å²) in [6.07, 6.45) is -0.779. The summed E-state index contributed by atoms with van der Waals surface area (Å²) in [6.45, 7) is 0. The van der Waals surface area contributed by atoms with Gasteiger partial charge in [0.15, 0.2) is 0 Å². The number of amides is 2. The molecular formula is C14H11ClN2O3. The topological polar surface area (TPSA) is 67.4 Å². The van der Waals surface area contributed by atoms with Crippen molar-refractivity contribution in [2.45, 2.75) is 0 Å². The number of hydrogen-bond acceptors (Lipinski definition) is 3. The molecule has 0 heterocycles. The lowest BCUT2D eigenvalue weighted by Gasteiger charge is -2.08. The zero-order valence-corrected chi connectivity index (χ0v) is 11.1. The minimum atomic E-state index is -0.779. The van der Waals surface area contributed by atoms with E-state index in [0.717, 1.165) is 0 Å². The van der Waals surface area contributed by atoms with Crippen LogP contribution in [0.25, 0.3) is 0 Å². The van der Waals surface area contributed by atoms with Crippen molar-refractivity contribution < 1.29 is 14.3 Å². The smallest absolute Gasteiger partial charge is 0.409 e. The lowest BCUT2D eigenvalue weighted by molar-refractivity contribution is 0.0928. The quantitative estimate of drug-likeness (QED) is 0.836. The van der Waals surface area contributed by atoms with Crippen molar-refractivity contribution in [1.82, 2.24) is 10.9 Å². The fourth-order valence-electron chi connectivity index (χ4n) is 1.40. The van der Waals surface area contributed by atoms with Gasteiger partial charge in [-0.1, -0.05) is 29.8 Å². The van der Waals surface area contributed by atoms with Crippen LogP contribution in [0, 0.1) is 0 Å². The average Bonchev–Trinajstić information content (AvgIpc) is 2.46. The molecule has 5 nitrogen and oxygen atoms in total. The van der Waals surface area contributed by atoms with E-state index in [1.165, 1.54) is 0 Å². The van der Waals surface area contributed by atoms with Crippen molar-refractivity contribution in [2.75, 3.05) is 0 Å². The minimum absolute atomic E-state index is 0.370. The molecule has 0 radical (unpaired) electrons. The van der Waals surface area contributed by atoms with Crippen molar-refractivity contribution in [3.05, 3.63) is 65.2 Å². The maximum absolute atomic E-state index is 11.7. The van der Waals surface area contributed by atoms with Gasteiger partial charge in [-0.25, -0.2) is 10.2 Å². The summed E-state index contributed by atoms with van der Waals surface area (Å²) < 4.78 is 4.93. The van der Waals surface area contributed by atoms with E-state index in [0.29, 0.717) is 16.3 Å². The first-order chi connectivity index (χ1) is 9.65. The monoisotopic (exact) mass is 290 g/mol. The summed E-state index contributed by atoms with van der Waals surface area (Å²) in [5, 5.41) is 0.526. The maximum Gasteiger partial charge on any atom is 0.431 e. The molecule has 0 aliphatic carbocycles. The highest BCUT2D eigenvalue weighted by molar-refractivity contribution is 6.30. The summed E-state index contributed by atoms with van der Waals surface area (Å²) in [7, 11) is 0. The number of nitrogens with one attached hydrogen (secondary N) is 2. The Balaban J connectivity index is 1.84. The standard InChI is InChI=1S/C14H11ClN2O3/c15-11-8-6-10(7-9-11)13(18)16-17-14(19)20-12-4-2-1-3-5-12/h1-9H,(H,16,18)(H,17,19). The van der Waals surface area contributed by atoms with Crippen molar-refractivity contribution in [2.24, 2.45) is 0 Å². The number of hydrazine groups is 1. The number of ether oxygens (including phenoxy) is 1. The molecule has 0 aromatic heterocycles. The Labute approximate surface area is 120 Å². The Bertz CT molecular complexity index is 600. The number of carbonyl (C=O) groups is 2. The molecule has 0 aliphatic rings. The van der Waals surface area contributed by atoms with E-state index < -0.39 is 12.0 Å². The Hall–Kier alpha value is -2.53. The van der Waals surface area contributed by atoms with Gasteiger partial charge in [0.2, 0.25) is 0 Å². The minimum Gasteiger partial charge on any atom is -0.409 e. The first kappa shape index (κ1) is 13.9. The highest BCUT2D eigenvalue weighted by atomic mass is 35.5. The summed E-state index contributed by atoms with van der Waals surface area (Å²) in [6, 6.07) is 14.8. The average molecular weight is 291 g/mol. The van der Waals surface area contributed by atoms with E-state index in [1.54, 1.807) is 54.6 Å². The fourth-order valence-corrected chi connectivity index (χ4v) is 1.53. The van der Waals surface area contributed by atoms with E-state index in [2.05, 4.69) is 10.9 Å². The molecular weight excluding hydrogens is 280 g/mol. The lowest BCUT2D eigenvalue weighted by atomic mass is 10.2. The highest BCUT2D eigenvalue weighted by Gasteiger charge is 2.08. The van der Waals surface area contributed by atoms with E-state index >= 15 is 0 Å². The molecule has 0 bridgehead atoms. The molecule has 0 atom stereocenters. The highest BCUT2D eigenvalue weighted by Crippen LogP contribution is 2.09. The summed E-state index contributed by atoms with van der Waals surface area (Å²) >= 11 is 5.71. The Morgan fingerprint density at radius 2 is 1.55 bits per heavy atom. The second-order valence-corrected chi connectivity index (χ2v) is 4.23. The molecule has 0 unspecified atom stereocenters. The molecule has 2 rings (SSSR count). The van der Waals surface area contributed by atoms with Crippen LogP contribution < -0.4 is 15.6 Å². The molecule has 20 heavy (non-hydrogen) atoms. The third-order valence-electron chi connectivity index (χ3n) is 2.34. The largest absolute Gasteiger partial charge is 0.431 e. The SMILES string of the molecule is O=C(NNC(=O)c1ccc(Cl)cc1)Oc1ccccc1. The molecule has 0 saturated carbocycles. The van der Waals surface area contributed by atoms with Crippen LogP contribution in [0.3, 0.4) is 0 Å². The molecule has 2 N–H and O–H groups in total. The van der Waals surface area contributed by atoms with Gasteiger partial charge in [-0.15, -0.1) is 0 Å². The first-order valence-corrected chi connectivity index (χ1v) is 6.12. The molecule has 0 fully saturated rings. The number of halogens is 1. The van der Waals surface area contributed by atoms with Crippen LogP contribution in [-0.2, 0) is 0 Å². The van der Waals surface area contributed by atoms with Crippen molar-refractivity contribution in [3.8, 4) is 5.75 Å². The van der Waals surface area contributed by atoms with Crippen LogP contribution in [0.4, 0.5) is 4.79 Å². The third-order valence-corrected chi connectivity index (χ3v) is 2.59. The Morgan fingerprint density at radius 1 is 0.900 bits per heavy atom. The van der Waals surface area contributed by atoms with E-state index in [1.807, 2.05) is 0 Å². The summed E-state index contributed by atoms with van der Waals surface area (Å²) in [5.41, 5.74) is 4.75. The number of hydrogen-bond donors (Lipinski definition) is 2. The van der Waals surface area contributed by atoms with E-state index in [-0.39, 0.29) is 0 Å². The van der Waals surface area contributed by atoms with Gasteiger partial charge in [-0.05, 0) is 36.4 Å². The zero-order valence-electron chi connectivity index (χ0n) is 10.3. The lowest BCUT2D eigenvalue weighted by Crippen LogP contribution is -2.43. The van der Waals surface area contributed by atoms with Crippen LogP contribution in [-0.4, -0.2) is 12.0 Å². The van der Waals surface area contributed by atoms with Crippen LogP contribution in [0.1, 0.15) is 10.4 Å². The zero-order chi connectivity index (χ0) is 14.4. The third kappa shape index (κ3) is 4.00. The molecule has 6 heteroatoms. The second kappa shape index (κ2) is 6.58. The normalized spacial score (nSPS) is 9.65. The molecule has 102 valence electrons. The summed E-state index contributed by atoms with van der Waals surface area (Å²) in [5.74, 6) is -0.0857. The second-order valence-electron chi connectivity index (χ2n) is 3.79. The first-order valence-electron chi connectivity index (χ1n) is 5.74. The van der Waals surface area contributed by atoms with Gasteiger partial charge in [0.25, 0.3) is 5.91 Å². The molecule has 2 aromatic rings. The molecule has 0 saturated heterocycles. The van der Waals surface area contributed by atoms with Crippen LogP contribution in [0.15, 0.2) is 54.6 Å². The number of rotatable bonds is 2. The van der Waals surface area contributed by atoms with Gasteiger partial charge in [0.05, 0.1) is 0 Å². The number of para-hydroxylation sites is 1. The van der Waals surface area contributed by atoms with Gasteiger partial charge < -0.3 is 4.74 Å². The van der Waals surface area contributed by atoms with Gasteiger partial charge in [0, 0.05) is 10.6 Å². The molecule has 0 spiro atoms. The van der Waals surface area contributed by atoms with Gasteiger partial charge >= 0.3 is 6.09 Å². The van der Waals surface area contributed by atoms with Crippen LogP contribution in [0.5, 0.6) is 5.75 Å². The fraction of sp³-hybridized carbons (Fsp3) is 0. The Kier molecular flexibility index (Phi) is 4.57. The van der Waals surface area contributed by atoms with Crippen molar-refractivity contribution in [3.63, 3.8) is 0 Å². The van der Waals surface area contributed by atoms with Crippen LogP contribution >= 0.6 is 11.6 Å². The predicted octanol–water partition coefficient (Wildman–Crippen LogP) is 2.77. The molecule has 0 aliphatic heterocycles. The number of benzene rings is 2. The van der Waals surface area contributed by atoms with Gasteiger partial charge in [0.1, 0.15) is 5.75 Å². The number of carbonyl (C=O) groups excluding carboxylic acids is 2. The predicted molar refractivity (Wildman–Crippen MR) is 74.5 cm³/mol. The maximum atomic E-state index is 11.7. The van der Waals surface area contributed by atoms with Crippen molar-refractivity contribution >= 4 is 23.6 Å². The van der Waals surface area contributed by atoms with Gasteiger partial charge in [-0.3, -0.25) is 10.2 Å². The summed E-state index contributed by atoms with van der Waals surface area (Å²) in [4.78, 5) is 23.1. The van der Waals surface area contributed by atoms with Crippen molar-refractivity contribution in [1.29, 1.82) is 0 Å². The van der Waals surface area contributed by atoms with E-state index in [9.17, 15) is 9.59 Å². The van der Waals surface area contributed by atoms with Gasteiger partial charge in [-0.2, -0.15) is 0 Å².